The van der Waals surface area contributed by atoms with Crippen LogP contribution in [0.4, 0.5) is 0 Å². The number of rotatable bonds is 5. The number of nitrogens with two attached hydrogens (primary N) is 1. The van der Waals surface area contributed by atoms with Crippen molar-refractivity contribution in [1.29, 1.82) is 0 Å². The minimum Gasteiger partial charge on any atom is -0.389 e. The van der Waals surface area contributed by atoms with Crippen molar-refractivity contribution in [2.45, 2.75) is 13.5 Å². The summed E-state index contributed by atoms with van der Waals surface area (Å²) in [5.41, 5.74) is 7.40. The molecule has 0 saturated heterocycles. The molecule has 0 saturated carbocycles. The summed E-state index contributed by atoms with van der Waals surface area (Å²) in [6.45, 7) is 2.13. The summed E-state index contributed by atoms with van der Waals surface area (Å²) in [4.78, 5) is 0.364. The van der Waals surface area contributed by atoms with Crippen LogP contribution >= 0.6 is 12.2 Å². The van der Waals surface area contributed by atoms with Crippen LogP contribution in [-0.2, 0) is 16.4 Å². The van der Waals surface area contributed by atoms with Crippen LogP contribution < -0.4 is 5.73 Å². The molecule has 6 heteroatoms. The van der Waals surface area contributed by atoms with E-state index in [4.69, 9.17) is 18.0 Å². The highest BCUT2D eigenvalue weighted by Gasteiger charge is 2.09. The molecular formula is C13H16N2O2S2. The van der Waals surface area contributed by atoms with Gasteiger partial charge in [0.1, 0.15) is 4.99 Å². The van der Waals surface area contributed by atoms with E-state index in [1.807, 2.05) is 35.0 Å². The van der Waals surface area contributed by atoms with Crippen molar-refractivity contribution < 1.29 is 8.42 Å². The Morgan fingerprint density at radius 2 is 2.11 bits per heavy atom. The molecule has 0 unspecified atom stereocenters. The minimum absolute atomic E-state index is 0.157. The topological polar surface area (TPSA) is 65.1 Å². The first-order valence-electron chi connectivity index (χ1n) is 6.02. The second kappa shape index (κ2) is 5.30. The highest BCUT2D eigenvalue weighted by atomic mass is 32.2. The third-order valence-electron chi connectivity index (χ3n) is 3.14. The number of hydrogen-bond acceptors (Lipinski definition) is 3. The number of sulfone groups is 1. The van der Waals surface area contributed by atoms with Crippen LogP contribution in [0.2, 0.25) is 0 Å². The van der Waals surface area contributed by atoms with Gasteiger partial charge in [-0.2, -0.15) is 0 Å². The molecule has 1 aromatic heterocycles. The standard InChI is InChI=1S/C13H16N2O2S2/c1-2-19(16,17)8-7-15-6-5-10-9-11(13(14)18)3-4-12(10)15/h3-6,9H,2,7-8H2,1H3,(H2,14,18). The van der Waals surface area contributed by atoms with Crippen molar-refractivity contribution in [1.82, 2.24) is 4.57 Å². The third kappa shape index (κ3) is 3.13. The number of hydrogen-bond donors (Lipinski definition) is 1. The molecule has 0 amide bonds. The van der Waals surface area contributed by atoms with E-state index in [0.717, 1.165) is 16.5 Å². The van der Waals surface area contributed by atoms with Gasteiger partial charge in [-0.05, 0) is 24.3 Å². The summed E-state index contributed by atoms with van der Waals surface area (Å²) >= 11 is 4.94. The number of fused-ring (bicyclic) bond motifs is 1. The smallest absolute Gasteiger partial charge is 0.151 e. The lowest BCUT2D eigenvalue weighted by Crippen LogP contribution is -2.14. The SMILES string of the molecule is CCS(=O)(=O)CCn1ccc2cc(C(N)=S)ccc21. The predicted octanol–water partition coefficient (Wildman–Crippen LogP) is 1.71. The van der Waals surface area contributed by atoms with Crippen molar-refractivity contribution in [2.24, 2.45) is 5.73 Å². The number of aryl methyl sites for hydroxylation is 1. The third-order valence-corrected chi connectivity index (χ3v) is 5.06. The Kier molecular flexibility index (Phi) is 3.91. The molecule has 0 spiro atoms. The van der Waals surface area contributed by atoms with Gasteiger partial charge in [-0.1, -0.05) is 19.1 Å². The Morgan fingerprint density at radius 1 is 1.37 bits per heavy atom. The number of nitrogens with zero attached hydrogens (tertiary/aromatic N) is 1. The van der Waals surface area contributed by atoms with Crippen molar-refractivity contribution in [2.75, 3.05) is 11.5 Å². The Bertz CT molecular complexity index is 717. The first-order valence-corrected chi connectivity index (χ1v) is 8.25. The molecule has 4 nitrogen and oxygen atoms in total. The molecular weight excluding hydrogens is 280 g/mol. The maximum Gasteiger partial charge on any atom is 0.151 e. The highest BCUT2D eigenvalue weighted by molar-refractivity contribution is 7.91. The van der Waals surface area contributed by atoms with Crippen LogP contribution in [0.25, 0.3) is 10.9 Å². The fourth-order valence-corrected chi connectivity index (χ4v) is 2.82. The van der Waals surface area contributed by atoms with E-state index in [1.165, 1.54) is 0 Å². The Hall–Kier alpha value is -1.40. The van der Waals surface area contributed by atoms with Gasteiger partial charge < -0.3 is 10.3 Å². The molecule has 0 radical (unpaired) electrons. The predicted molar refractivity (Wildman–Crippen MR) is 82.2 cm³/mol. The van der Waals surface area contributed by atoms with Gasteiger partial charge in [0.05, 0.1) is 5.75 Å². The summed E-state index contributed by atoms with van der Waals surface area (Å²) in [6.07, 6.45) is 1.89. The van der Waals surface area contributed by atoms with Crippen molar-refractivity contribution in [3.05, 3.63) is 36.0 Å². The fraction of sp³-hybridized carbons (Fsp3) is 0.308. The fourth-order valence-electron chi connectivity index (χ4n) is 1.93. The van der Waals surface area contributed by atoms with E-state index in [-0.39, 0.29) is 11.5 Å². The Balaban J connectivity index is 2.29. The maximum absolute atomic E-state index is 11.5. The molecule has 2 aromatic rings. The average Bonchev–Trinajstić information content (AvgIpc) is 2.78. The normalized spacial score (nSPS) is 11.8. The molecule has 0 fully saturated rings. The van der Waals surface area contributed by atoms with Gasteiger partial charge in [-0.15, -0.1) is 0 Å². The largest absolute Gasteiger partial charge is 0.389 e. The number of thiocarbonyl (C=S) groups is 1. The molecule has 2 N–H and O–H groups in total. The van der Waals surface area contributed by atoms with Gasteiger partial charge in [0.25, 0.3) is 0 Å². The quantitative estimate of drug-likeness (QED) is 0.853. The zero-order valence-electron chi connectivity index (χ0n) is 10.7. The first-order chi connectivity index (χ1) is 8.93. The van der Waals surface area contributed by atoms with E-state index in [2.05, 4.69) is 0 Å². The molecule has 2 rings (SSSR count). The summed E-state index contributed by atoms with van der Waals surface area (Å²) in [7, 11) is -2.95. The van der Waals surface area contributed by atoms with Crippen molar-refractivity contribution in [3.63, 3.8) is 0 Å². The van der Waals surface area contributed by atoms with Crippen LogP contribution in [0, 0.1) is 0 Å². The van der Waals surface area contributed by atoms with E-state index >= 15 is 0 Å². The van der Waals surface area contributed by atoms with Gasteiger partial charge in [0, 0.05) is 35.0 Å². The van der Waals surface area contributed by atoms with Gasteiger partial charge in [-0.25, -0.2) is 8.42 Å². The van der Waals surface area contributed by atoms with Gasteiger partial charge in [0.2, 0.25) is 0 Å². The van der Waals surface area contributed by atoms with Crippen LogP contribution in [0.1, 0.15) is 12.5 Å². The monoisotopic (exact) mass is 296 g/mol. The van der Waals surface area contributed by atoms with E-state index in [0.29, 0.717) is 11.5 Å². The maximum atomic E-state index is 11.5. The highest BCUT2D eigenvalue weighted by Crippen LogP contribution is 2.18. The minimum atomic E-state index is -2.95. The van der Waals surface area contributed by atoms with E-state index < -0.39 is 9.84 Å². The van der Waals surface area contributed by atoms with Crippen LogP contribution in [-0.4, -0.2) is 29.5 Å². The van der Waals surface area contributed by atoms with Gasteiger partial charge >= 0.3 is 0 Å². The Labute approximate surface area is 118 Å². The molecule has 102 valence electrons. The van der Waals surface area contributed by atoms with Crippen LogP contribution in [0.3, 0.4) is 0 Å². The lowest BCUT2D eigenvalue weighted by atomic mass is 10.1. The van der Waals surface area contributed by atoms with Crippen molar-refractivity contribution in [3.8, 4) is 0 Å². The Morgan fingerprint density at radius 3 is 2.74 bits per heavy atom. The lowest BCUT2D eigenvalue weighted by molar-refractivity contribution is 0.591. The van der Waals surface area contributed by atoms with Gasteiger partial charge in [-0.3, -0.25) is 0 Å². The zero-order chi connectivity index (χ0) is 14.0. The molecule has 19 heavy (non-hydrogen) atoms. The molecule has 0 atom stereocenters. The summed E-state index contributed by atoms with van der Waals surface area (Å²) in [5, 5.41) is 1.01. The second-order valence-electron chi connectivity index (χ2n) is 4.38. The molecule has 0 bridgehead atoms. The molecule has 1 aromatic carbocycles. The second-order valence-corrected chi connectivity index (χ2v) is 7.30. The molecule has 0 aliphatic heterocycles. The van der Waals surface area contributed by atoms with Gasteiger partial charge in [0.15, 0.2) is 9.84 Å². The summed E-state index contributed by atoms with van der Waals surface area (Å²) in [6, 6.07) is 7.63. The average molecular weight is 296 g/mol. The zero-order valence-corrected chi connectivity index (χ0v) is 12.3. The van der Waals surface area contributed by atoms with Crippen LogP contribution in [0.5, 0.6) is 0 Å². The molecule has 1 heterocycles. The summed E-state index contributed by atoms with van der Waals surface area (Å²) < 4.78 is 25.0. The molecule has 0 aliphatic carbocycles. The van der Waals surface area contributed by atoms with E-state index in [1.54, 1.807) is 6.92 Å². The first kappa shape index (κ1) is 14.0. The van der Waals surface area contributed by atoms with E-state index in [9.17, 15) is 8.42 Å². The molecule has 0 aliphatic rings. The number of benzene rings is 1. The summed E-state index contributed by atoms with van der Waals surface area (Å²) in [5.74, 6) is 0.335. The lowest BCUT2D eigenvalue weighted by Gasteiger charge is -2.06. The van der Waals surface area contributed by atoms with Crippen molar-refractivity contribution >= 4 is 37.9 Å². The number of aromatic nitrogens is 1. The van der Waals surface area contributed by atoms with Crippen LogP contribution in [0.15, 0.2) is 30.5 Å².